The highest BCUT2D eigenvalue weighted by Gasteiger charge is 2.17. The van der Waals surface area contributed by atoms with Crippen LogP contribution in [0.4, 0.5) is 5.69 Å². The molecule has 3 nitrogen and oxygen atoms in total. The van der Waals surface area contributed by atoms with Gasteiger partial charge in [0.25, 0.3) is 0 Å². The third kappa shape index (κ3) is 1.69. The molecule has 5 heteroatoms. The van der Waals surface area contributed by atoms with Crippen molar-refractivity contribution in [2.24, 2.45) is 0 Å². The normalized spacial score (nSPS) is 10.5. The number of halogens is 1. The zero-order valence-corrected chi connectivity index (χ0v) is 10.9. The Morgan fingerprint density at radius 3 is 2.87 bits per heavy atom. The highest BCUT2D eigenvalue weighted by atomic mass is 127. The summed E-state index contributed by atoms with van der Waals surface area (Å²) in [6.07, 6.45) is 0. The molecule has 1 aromatic heterocycles. The summed E-state index contributed by atoms with van der Waals surface area (Å²) in [5.41, 5.74) is 6.44. The van der Waals surface area contributed by atoms with Gasteiger partial charge in [-0.1, -0.05) is 6.07 Å². The van der Waals surface area contributed by atoms with Gasteiger partial charge in [-0.15, -0.1) is 11.3 Å². The summed E-state index contributed by atoms with van der Waals surface area (Å²) in [5, 5.41) is 0.948. The standard InChI is InChI=1S/C10H8INO2S/c1-14-10(13)9-8(12)7-5(11)3-2-4-6(7)15-9/h2-4H,12H2,1H3. The first-order valence-corrected chi connectivity index (χ1v) is 6.09. The van der Waals surface area contributed by atoms with E-state index >= 15 is 0 Å². The largest absolute Gasteiger partial charge is 0.465 e. The summed E-state index contributed by atoms with van der Waals surface area (Å²) < 4.78 is 6.74. The van der Waals surface area contributed by atoms with Crippen molar-refractivity contribution in [1.82, 2.24) is 0 Å². The zero-order valence-electron chi connectivity index (χ0n) is 7.91. The first-order valence-electron chi connectivity index (χ1n) is 4.20. The Kier molecular flexibility index (Phi) is 2.83. The van der Waals surface area contributed by atoms with E-state index in [-0.39, 0.29) is 5.97 Å². The average molecular weight is 333 g/mol. The van der Waals surface area contributed by atoms with Crippen LogP contribution in [-0.4, -0.2) is 13.1 Å². The molecule has 0 aliphatic heterocycles. The van der Waals surface area contributed by atoms with Gasteiger partial charge in [-0.2, -0.15) is 0 Å². The number of methoxy groups -OCH3 is 1. The smallest absolute Gasteiger partial charge is 0.350 e. The topological polar surface area (TPSA) is 52.3 Å². The lowest BCUT2D eigenvalue weighted by molar-refractivity contribution is 0.0607. The van der Waals surface area contributed by atoms with E-state index in [4.69, 9.17) is 5.73 Å². The number of benzene rings is 1. The summed E-state index contributed by atoms with van der Waals surface area (Å²) in [7, 11) is 1.36. The molecular formula is C10H8INO2S. The van der Waals surface area contributed by atoms with E-state index in [1.165, 1.54) is 18.4 Å². The molecule has 0 aliphatic carbocycles. The number of ether oxygens (including phenoxy) is 1. The number of nitrogens with two attached hydrogens (primary N) is 1. The molecule has 0 bridgehead atoms. The Labute approximate surface area is 104 Å². The van der Waals surface area contributed by atoms with Crippen molar-refractivity contribution in [2.75, 3.05) is 12.8 Å². The van der Waals surface area contributed by atoms with Crippen LogP contribution in [0.15, 0.2) is 18.2 Å². The van der Waals surface area contributed by atoms with Crippen molar-refractivity contribution in [3.8, 4) is 0 Å². The first-order chi connectivity index (χ1) is 7.15. The maximum atomic E-state index is 11.4. The number of thiophene rings is 1. The molecule has 0 fully saturated rings. The number of anilines is 1. The van der Waals surface area contributed by atoms with Gasteiger partial charge in [0.15, 0.2) is 0 Å². The lowest BCUT2D eigenvalue weighted by atomic mass is 10.2. The maximum Gasteiger partial charge on any atom is 0.350 e. The molecule has 0 amide bonds. The number of carbonyl (C=O) groups excluding carboxylic acids is 1. The molecule has 78 valence electrons. The SMILES string of the molecule is COC(=O)c1sc2cccc(I)c2c1N. The number of hydrogen-bond acceptors (Lipinski definition) is 4. The molecule has 15 heavy (non-hydrogen) atoms. The molecule has 0 unspecified atom stereocenters. The fraction of sp³-hybridized carbons (Fsp3) is 0.100. The first kappa shape index (κ1) is 10.7. The molecule has 0 spiro atoms. The highest BCUT2D eigenvalue weighted by molar-refractivity contribution is 14.1. The molecule has 0 aliphatic rings. The minimum absolute atomic E-state index is 0.371. The van der Waals surface area contributed by atoms with Crippen LogP contribution >= 0.6 is 33.9 Å². The van der Waals surface area contributed by atoms with Crippen LogP contribution in [0.1, 0.15) is 9.67 Å². The number of carbonyl (C=O) groups is 1. The molecule has 0 atom stereocenters. The second-order valence-corrected chi connectivity index (χ2v) is 5.16. The van der Waals surface area contributed by atoms with E-state index < -0.39 is 0 Å². The third-order valence-electron chi connectivity index (χ3n) is 2.07. The van der Waals surface area contributed by atoms with Crippen molar-refractivity contribution < 1.29 is 9.53 Å². The van der Waals surface area contributed by atoms with Gasteiger partial charge >= 0.3 is 5.97 Å². The van der Waals surface area contributed by atoms with E-state index in [9.17, 15) is 4.79 Å². The Hall–Kier alpha value is -0.820. The molecule has 1 heterocycles. The summed E-state index contributed by atoms with van der Waals surface area (Å²) in [6, 6.07) is 5.86. The fourth-order valence-corrected chi connectivity index (χ4v) is 3.41. The highest BCUT2D eigenvalue weighted by Crippen LogP contribution is 2.36. The fourth-order valence-electron chi connectivity index (χ4n) is 1.37. The van der Waals surface area contributed by atoms with Crippen LogP contribution < -0.4 is 5.73 Å². The molecule has 2 N–H and O–H groups in total. The van der Waals surface area contributed by atoms with E-state index in [0.29, 0.717) is 10.6 Å². The quantitative estimate of drug-likeness (QED) is 0.645. The Bertz CT molecular complexity index is 535. The van der Waals surface area contributed by atoms with Gasteiger partial charge in [0.2, 0.25) is 0 Å². The molecule has 0 saturated carbocycles. The minimum atomic E-state index is -0.371. The third-order valence-corrected chi connectivity index (χ3v) is 4.12. The molecular weight excluding hydrogens is 325 g/mol. The van der Waals surface area contributed by atoms with Gasteiger partial charge in [0, 0.05) is 13.7 Å². The molecule has 1 aromatic carbocycles. The van der Waals surface area contributed by atoms with Crippen LogP contribution in [0.25, 0.3) is 10.1 Å². The molecule has 0 radical (unpaired) electrons. The van der Waals surface area contributed by atoms with Crippen LogP contribution in [0.3, 0.4) is 0 Å². The van der Waals surface area contributed by atoms with Crippen molar-refractivity contribution in [3.05, 3.63) is 26.6 Å². The Balaban J connectivity index is 2.75. The van der Waals surface area contributed by atoms with Gasteiger partial charge in [0.1, 0.15) is 4.88 Å². The van der Waals surface area contributed by atoms with Crippen LogP contribution in [-0.2, 0) is 4.74 Å². The van der Waals surface area contributed by atoms with Gasteiger partial charge in [-0.3, -0.25) is 0 Å². The lowest BCUT2D eigenvalue weighted by Gasteiger charge is -1.97. The number of nitrogen functional groups attached to an aromatic ring is 1. The van der Waals surface area contributed by atoms with E-state index in [1.807, 2.05) is 18.2 Å². The summed E-state index contributed by atoms with van der Waals surface area (Å²) in [5.74, 6) is -0.371. The Morgan fingerprint density at radius 2 is 2.27 bits per heavy atom. The van der Waals surface area contributed by atoms with Crippen molar-refractivity contribution in [3.63, 3.8) is 0 Å². The number of fused-ring (bicyclic) bond motifs is 1. The second kappa shape index (κ2) is 3.97. The van der Waals surface area contributed by atoms with Crippen molar-refractivity contribution in [2.45, 2.75) is 0 Å². The van der Waals surface area contributed by atoms with E-state index in [2.05, 4.69) is 27.3 Å². The predicted octanol–water partition coefficient (Wildman–Crippen LogP) is 2.87. The second-order valence-electron chi connectivity index (χ2n) is 2.95. The summed E-state index contributed by atoms with van der Waals surface area (Å²) in [6.45, 7) is 0. The van der Waals surface area contributed by atoms with Gasteiger partial charge in [-0.05, 0) is 34.7 Å². The zero-order chi connectivity index (χ0) is 11.0. The van der Waals surface area contributed by atoms with Crippen LogP contribution in [0.5, 0.6) is 0 Å². The van der Waals surface area contributed by atoms with Crippen LogP contribution in [0.2, 0.25) is 0 Å². The molecule has 2 rings (SSSR count). The van der Waals surface area contributed by atoms with Crippen LogP contribution in [0, 0.1) is 3.57 Å². The number of hydrogen-bond donors (Lipinski definition) is 1. The number of esters is 1. The predicted molar refractivity (Wildman–Crippen MR) is 70.3 cm³/mol. The minimum Gasteiger partial charge on any atom is -0.465 e. The lowest BCUT2D eigenvalue weighted by Crippen LogP contribution is -2.01. The summed E-state index contributed by atoms with van der Waals surface area (Å²) in [4.78, 5) is 11.9. The molecule has 2 aromatic rings. The molecule has 0 saturated heterocycles. The van der Waals surface area contributed by atoms with Gasteiger partial charge < -0.3 is 10.5 Å². The number of rotatable bonds is 1. The van der Waals surface area contributed by atoms with E-state index in [1.54, 1.807) is 0 Å². The average Bonchev–Trinajstić information content (AvgIpc) is 2.56. The van der Waals surface area contributed by atoms with Crippen molar-refractivity contribution in [1.29, 1.82) is 0 Å². The van der Waals surface area contributed by atoms with E-state index in [0.717, 1.165) is 13.7 Å². The van der Waals surface area contributed by atoms with Gasteiger partial charge in [0.05, 0.1) is 12.8 Å². The van der Waals surface area contributed by atoms with Gasteiger partial charge in [-0.25, -0.2) is 4.79 Å². The van der Waals surface area contributed by atoms with Crippen molar-refractivity contribution >= 4 is 55.7 Å². The Morgan fingerprint density at radius 1 is 1.53 bits per heavy atom. The maximum absolute atomic E-state index is 11.4. The summed E-state index contributed by atoms with van der Waals surface area (Å²) >= 11 is 3.57. The monoisotopic (exact) mass is 333 g/mol.